The fourth-order valence-corrected chi connectivity index (χ4v) is 6.13. The first kappa shape index (κ1) is 31.6. The van der Waals surface area contributed by atoms with E-state index in [4.69, 9.17) is 0 Å². The quantitative estimate of drug-likeness (QED) is 0.203. The molecule has 0 radical (unpaired) electrons. The lowest BCUT2D eigenvalue weighted by atomic mass is 9.84. The fraction of sp³-hybridized carbons (Fsp3) is 0.324. The molecule has 4 heterocycles. The van der Waals surface area contributed by atoms with Crippen molar-refractivity contribution in [2.45, 2.75) is 37.0 Å². The number of aliphatic hydroxyl groups is 2. The maximum Gasteiger partial charge on any atom is 0.323 e. The zero-order valence-corrected chi connectivity index (χ0v) is 25.7. The molecule has 7 rings (SSSR count). The molecule has 0 amide bonds. The molecule has 2 aliphatic rings. The minimum Gasteiger partial charge on any atom is -0.387 e. The lowest BCUT2D eigenvalue weighted by Crippen LogP contribution is -2.48. The monoisotopic (exact) mass is 660 g/mol. The molecule has 2 fully saturated rings. The number of alkyl halides is 2. The van der Waals surface area contributed by atoms with Crippen LogP contribution in [0.25, 0.3) is 11.1 Å². The zero-order valence-electron chi connectivity index (χ0n) is 25.7. The largest absolute Gasteiger partial charge is 0.387 e. The first-order valence-electron chi connectivity index (χ1n) is 15.6. The third kappa shape index (κ3) is 6.08. The van der Waals surface area contributed by atoms with Crippen LogP contribution in [0.5, 0.6) is 0 Å². The maximum atomic E-state index is 16.1. The molecule has 2 aromatic carbocycles. The van der Waals surface area contributed by atoms with Gasteiger partial charge in [-0.05, 0) is 77.2 Å². The Labute approximate surface area is 273 Å². The Morgan fingerprint density at radius 1 is 0.812 bits per heavy atom. The average molecular weight is 661 g/mol. The number of aromatic nitrogens is 6. The summed E-state index contributed by atoms with van der Waals surface area (Å²) in [5.41, 5.74) is -0.785. The Kier molecular flexibility index (Phi) is 8.29. The van der Waals surface area contributed by atoms with Crippen molar-refractivity contribution in [1.29, 1.82) is 0 Å². The topological polar surface area (TPSA) is 116 Å². The van der Waals surface area contributed by atoms with Crippen LogP contribution < -0.4 is 9.80 Å². The van der Waals surface area contributed by atoms with Crippen LogP contribution in [0.15, 0.2) is 85.5 Å². The molecule has 1 aliphatic heterocycles. The van der Waals surface area contributed by atoms with Gasteiger partial charge in [0, 0.05) is 55.3 Å². The van der Waals surface area contributed by atoms with Crippen molar-refractivity contribution in [3.05, 3.63) is 114 Å². The Hall–Kier alpha value is -4.95. The van der Waals surface area contributed by atoms with E-state index in [9.17, 15) is 19.0 Å². The van der Waals surface area contributed by atoms with Gasteiger partial charge in [0.15, 0.2) is 5.60 Å². The fourth-order valence-electron chi connectivity index (χ4n) is 6.13. The second kappa shape index (κ2) is 12.6. The number of rotatable bonds is 10. The molecule has 48 heavy (non-hydrogen) atoms. The summed E-state index contributed by atoms with van der Waals surface area (Å²) >= 11 is 0. The standard InChI is InChI=1S/C34H32F4N8O2/c35-25-6-10-28(29(36)17-25)33(48,20-46-21-41-42-43-46)34(37,38)31-12-5-24(18-40-31)22-3-7-26(8-4-22)44-13-15-45(16-14-44)27-9-11-30(39-19-27)32(47)23-1-2-23/h3-12,17-19,21,23,32,47-48H,1-2,13-16,20H2/t32?,33-/m0/s1. The van der Waals surface area contributed by atoms with Gasteiger partial charge in [0.1, 0.15) is 23.7 Å². The second-order valence-corrected chi connectivity index (χ2v) is 12.2. The number of hydrogen-bond acceptors (Lipinski definition) is 9. The van der Waals surface area contributed by atoms with Crippen molar-refractivity contribution in [3.63, 3.8) is 0 Å². The molecule has 1 aliphatic carbocycles. The molecule has 5 aromatic rings. The highest BCUT2D eigenvalue weighted by molar-refractivity contribution is 5.66. The highest BCUT2D eigenvalue weighted by Crippen LogP contribution is 2.47. The molecular weight excluding hydrogens is 628 g/mol. The first-order valence-corrected chi connectivity index (χ1v) is 15.6. The molecule has 0 spiro atoms. The van der Waals surface area contributed by atoms with E-state index in [-0.39, 0.29) is 0 Å². The number of aliphatic hydroxyl groups excluding tert-OH is 1. The summed E-state index contributed by atoms with van der Waals surface area (Å²) in [6.07, 6.45) is 5.71. The van der Waals surface area contributed by atoms with Gasteiger partial charge in [0.05, 0.1) is 30.2 Å². The van der Waals surface area contributed by atoms with Gasteiger partial charge < -0.3 is 20.0 Å². The highest BCUT2D eigenvalue weighted by atomic mass is 19.3. The van der Waals surface area contributed by atoms with E-state index in [2.05, 4.69) is 35.3 Å². The van der Waals surface area contributed by atoms with E-state index < -0.39 is 47.1 Å². The Bertz CT molecular complexity index is 1850. The first-order chi connectivity index (χ1) is 23.1. The van der Waals surface area contributed by atoms with Gasteiger partial charge in [-0.25, -0.2) is 13.5 Å². The van der Waals surface area contributed by atoms with Crippen molar-refractivity contribution < 1.29 is 27.8 Å². The van der Waals surface area contributed by atoms with Crippen molar-refractivity contribution in [3.8, 4) is 11.1 Å². The predicted octanol–water partition coefficient (Wildman–Crippen LogP) is 4.86. The van der Waals surface area contributed by atoms with E-state index in [0.29, 0.717) is 17.5 Å². The Morgan fingerprint density at radius 2 is 1.50 bits per heavy atom. The number of nitrogens with zero attached hydrogens (tertiary/aromatic N) is 8. The summed E-state index contributed by atoms with van der Waals surface area (Å²) in [5.74, 6) is -6.14. The number of benzene rings is 2. The molecule has 2 N–H and O–H groups in total. The van der Waals surface area contributed by atoms with Crippen molar-refractivity contribution in [2.24, 2.45) is 5.92 Å². The summed E-state index contributed by atoms with van der Waals surface area (Å²) in [5, 5.41) is 32.0. The van der Waals surface area contributed by atoms with Crippen molar-refractivity contribution in [1.82, 2.24) is 30.2 Å². The van der Waals surface area contributed by atoms with Gasteiger partial charge in [-0.15, -0.1) is 5.10 Å². The summed E-state index contributed by atoms with van der Waals surface area (Å²) in [4.78, 5) is 13.0. The smallest absolute Gasteiger partial charge is 0.323 e. The normalized spacial score (nSPS) is 17.3. The van der Waals surface area contributed by atoms with Gasteiger partial charge in [0.25, 0.3) is 0 Å². The van der Waals surface area contributed by atoms with Crippen molar-refractivity contribution in [2.75, 3.05) is 36.0 Å². The van der Waals surface area contributed by atoms with Crippen LogP contribution in [0, 0.1) is 17.6 Å². The lowest BCUT2D eigenvalue weighted by molar-refractivity contribution is -0.207. The number of halogens is 4. The minimum atomic E-state index is -4.14. The summed E-state index contributed by atoms with van der Waals surface area (Å²) in [6, 6.07) is 16.1. The van der Waals surface area contributed by atoms with E-state index >= 15 is 8.78 Å². The third-order valence-corrected chi connectivity index (χ3v) is 9.12. The number of piperazine rings is 1. The van der Waals surface area contributed by atoms with Crippen LogP contribution in [0.3, 0.4) is 0 Å². The maximum absolute atomic E-state index is 16.1. The van der Waals surface area contributed by atoms with E-state index in [1.165, 1.54) is 12.3 Å². The Morgan fingerprint density at radius 3 is 2.08 bits per heavy atom. The third-order valence-electron chi connectivity index (χ3n) is 9.12. The molecular formula is C34H32F4N8O2. The number of tetrazole rings is 1. The minimum absolute atomic E-state index is 0.334. The predicted molar refractivity (Wildman–Crippen MR) is 168 cm³/mol. The molecule has 10 nitrogen and oxygen atoms in total. The van der Waals surface area contributed by atoms with Gasteiger partial charge in [0.2, 0.25) is 0 Å². The van der Waals surface area contributed by atoms with E-state index in [1.54, 1.807) is 0 Å². The lowest BCUT2D eigenvalue weighted by Gasteiger charge is -2.37. The van der Waals surface area contributed by atoms with Crippen LogP contribution in [0.4, 0.5) is 28.9 Å². The van der Waals surface area contributed by atoms with Crippen molar-refractivity contribution >= 4 is 11.4 Å². The number of hydrogen-bond donors (Lipinski definition) is 2. The van der Waals surface area contributed by atoms with Crippen LogP contribution >= 0.6 is 0 Å². The highest BCUT2D eigenvalue weighted by Gasteiger charge is 2.58. The average Bonchev–Trinajstić information content (AvgIpc) is 3.84. The second-order valence-electron chi connectivity index (χ2n) is 12.2. The van der Waals surface area contributed by atoms with E-state index in [1.807, 2.05) is 42.6 Å². The molecule has 1 saturated carbocycles. The molecule has 248 valence electrons. The molecule has 1 saturated heterocycles. The van der Waals surface area contributed by atoms with E-state index in [0.717, 1.165) is 90.9 Å². The summed E-state index contributed by atoms with van der Waals surface area (Å²) in [7, 11) is 0. The summed E-state index contributed by atoms with van der Waals surface area (Å²) in [6.45, 7) is 2.26. The van der Waals surface area contributed by atoms with Crippen LogP contribution in [-0.4, -0.2) is 66.6 Å². The van der Waals surface area contributed by atoms with Gasteiger partial charge in [-0.1, -0.05) is 18.2 Å². The Balaban J connectivity index is 1.03. The van der Waals surface area contributed by atoms with Crippen LogP contribution in [0.2, 0.25) is 0 Å². The van der Waals surface area contributed by atoms with Gasteiger partial charge >= 0.3 is 5.92 Å². The molecule has 0 bridgehead atoms. The molecule has 14 heteroatoms. The van der Waals surface area contributed by atoms with Gasteiger partial charge in [-0.2, -0.15) is 8.78 Å². The SMILES string of the molecule is OC(c1ccc(N2CCN(c3ccc(-c4ccc(C(F)(F)[C@](O)(Cn5cnnn5)c5ccc(F)cc5F)nc4)cc3)CC2)cn1)C1CC1. The number of pyridine rings is 2. The van der Waals surface area contributed by atoms with Gasteiger partial charge in [-0.3, -0.25) is 9.97 Å². The summed E-state index contributed by atoms with van der Waals surface area (Å²) < 4.78 is 61.5. The van der Waals surface area contributed by atoms with Crippen LogP contribution in [0.1, 0.15) is 35.9 Å². The molecule has 3 aromatic heterocycles. The zero-order chi connectivity index (χ0) is 33.5. The molecule has 2 atom stereocenters. The molecule has 1 unspecified atom stereocenters. The van der Waals surface area contributed by atoms with Crippen LogP contribution in [-0.2, 0) is 18.1 Å². The number of anilines is 2.